The number of alkyl halides is 3. The third-order valence-electron chi connectivity index (χ3n) is 2.90. The number of benzene rings is 1. The molecule has 0 spiro atoms. The molecule has 0 N–H and O–H groups in total. The van der Waals surface area contributed by atoms with Crippen LogP contribution < -0.4 is 4.74 Å². The van der Waals surface area contributed by atoms with Crippen LogP contribution in [-0.4, -0.2) is 11.6 Å². The smallest absolute Gasteiger partial charge is 0.417 e. The lowest BCUT2D eigenvalue weighted by Gasteiger charge is -2.10. The second-order valence-corrected chi connectivity index (χ2v) is 5.35. The van der Waals surface area contributed by atoms with Gasteiger partial charge in [0.15, 0.2) is 6.61 Å². The summed E-state index contributed by atoms with van der Waals surface area (Å²) in [5.41, 5.74) is 0.0881. The average molecular weight is 361 g/mol. The molecule has 2 rings (SSSR count). The molecule has 1 aromatic carbocycles. The van der Waals surface area contributed by atoms with Crippen LogP contribution in [0.25, 0.3) is 0 Å². The van der Waals surface area contributed by atoms with Crippen LogP contribution >= 0.6 is 23.2 Å². The van der Waals surface area contributed by atoms with E-state index in [-0.39, 0.29) is 18.1 Å². The predicted molar refractivity (Wildman–Crippen MR) is 79.6 cm³/mol. The van der Waals surface area contributed by atoms with Crippen molar-refractivity contribution in [1.82, 2.24) is 4.98 Å². The lowest BCUT2D eigenvalue weighted by atomic mass is 10.1. The molecule has 0 amide bonds. The van der Waals surface area contributed by atoms with Gasteiger partial charge in [0.05, 0.1) is 21.3 Å². The van der Waals surface area contributed by atoms with Gasteiger partial charge in [-0.25, -0.2) is 0 Å². The number of ether oxygens (including phenoxy) is 1. The lowest BCUT2D eigenvalue weighted by molar-refractivity contribution is -0.137. The Hall–Kier alpha value is -1.97. The van der Waals surface area contributed by atoms with Crippen LogP contribution in [0.1, 0.15) is 16.8 Å². The van der Waals surface area contributed by atoms with Gasteiger partial charge in [-0.15, -0.1) is 0 Å². The number of rotatable bonds is 4. The number of halogens is 5. The number of pyridine rings is 1. The second kappa shape index (κ2) is 7.07. The van der Waals surface area contributed by atoms with Crippen LogP contribution in [0.5, 0.6) is 5.75 Å². The van der Waals surface area contributed by atoms with Crippen molar-refractivity contribution < 1.29 is 17.9 Å². The maximum atomic E-state index is 12.6. The number of aromatic nitrogens is 1. The van der Waals surface area contributed by atoms with E-state index in [0.29, 0.717) is 22.0 Å². The Morgan fingerprint density at radius 1 is 1.17 bits per heavy atom. The highest BCUT2D eigenvalue weighted by Crippen LogP contribution is 2.32. The molecule has 8 heteroatoms. The molecular formula is C15H9Cl2F3N2O. The van der Waals surface area contributed by atoms with E-state index in [4.69, 9.17) is 33.2 Å². The molecular weight excluding hydrogens is 352 g/mol. The zero-order valence-electron chi connectivity index (χ0n) is 11.5. The molecule has 0 aliphatic carbocycles. The Morgan fingerprint density at radius 3 is 2.52 bits per heavy atom. The molecule has 1 heterocycles. The Labute approximate surface area is 140 Å². The van der Waals surface area contributed by atoms with Crippen LogP contribution in [-0.2, 0) is 12.6 Å². The Morgan fingerprint density at radius 2 is 1.91 bits per heavy atom. The van der Waals surface area contributed by atoms with E-state index in [1.807, 2.05) is 6.07 Å². The highest BCUT2D eigenvalue weighted by Gasteiger charge is 2.31. The minimum atomic E-state index is -4.49. The Kier molecular flexibility index (Phi) is 5.34. The van der Waals surface area contributed by atoms with Gasteiger partial charge in [-0.05, 0) is 23.8 Å². The maximum absolute atomic E-state index is 12.6. The molecule has 120 valence electrons. The van der Waals surface area contributed by atoms with Gasteiger partial charge < -0.3 is 4.74 Å². The van der Waals surface area contributed by atoms with Crippen LogP contribution in [0.4, 0.5) is 13.2 Å². The fraction of sp³-hybridized carbons (Fsp3) is 0.200. The van der Waals surface area contributed by atoms with E-state index in [0.717, 1.165) is 12.3 Å². The van der Waals surface area contributed by atoms with Crippen molar-refractivity contribution in [3.63, 3.8) is 0 Å². The number of nitriles is 1. The van der Waals surface area contributed by atoms with E-state index in [1.54, 1.807) is 18.2 Å². The van der Waals surface area contributed by atoms with Gasteiger partial charge in [-0.3, -0.25) is 4.98 Å². The number of hydrogen-bond donors (Lipinski definition) is 0. The fourth-order valence-corrected chi connectivity index (χ4v) is 2.23. The van der Waals surface area contributed by atoms with E-state index in [9.17, 15) is 13.2 Å². The summed E-state index contributed by atoms with van der Waals surface area (Å²) in [6, 6.07) is 7.50. The molecule has 0 aliphatic rings. The predicted octanol–water partition coefficient (Wildman–Crippen LogP) is 4.90. The van der Waals surface area contributed by atoms with Gasteiger partial charge in [-0.1, -0.05) is 29.3 Å². The van der Waals surface area contributed by atoms with Gasteiger partial charge in [0.2, 0.25) is 0 Å². The molecule has 0 atom stereocenters. The zero-order valence-corrected chi connectivity index (χ0v) is 13.0. The molecule has 23 heavy (non-hydrogen) atoms. The van der Waals surface area contributed by atoms with Gasteiger partial charge >= 0.3 is 6.18 Å². The van der Waals surface area contributed by atoms with Crippen LogP contribution in [0, 0.1) is 11.3 Å². The zero-order chi connectivity index (χ0) is 17.0. The number of nitrogens with zero attached hydrogens (tertiary/aromatic N) is 2. The van der Waals surface area contributed by atoms with Crippen LogP contribution in [0.3, 0.4) is 0 Å². The minimum Gasteiger partial charge on any atom is -0.477 e. The first kappa shape index (κ1) is 17.4. The monoisotopic (exact) mass is 360 g/mol. The first-order valence-electron chi connectivity index (χ1n) is 6.31. The molecule has 0 aliphatic heterocycles. The largest absolute Gasteiger partial charge is 0.477 e. The molecule has 0 saturated heterocycles. The van der Waals surface area contributed by atoms with E-state index in [2.05, 4.69) is 4.98 Å². The van der Waals surface area contributed by atoms with Crippen molar-refractivity contribution in [3.8, 4) is 11.8 Å². The summed E-state index contributed by atoms with van der Waals surface area (Å²) in [5, 5.41) is 8.77. The third-order valence-corrected chi connectivity index (χ3v) is 3.54. The summed E-state index contributed by atoms with van der Waals surface area (Å²) in [7, 11) is 0. The molecule has 3 nitrogen and oxygen atoms in total. The summed E-state index contributed by atoms with van der Waals surface area (Å²) >= 11 is 11.8. The summed E-state index contributed by atoms with van der Waals surface area (Å²) in [4.78, 5) is 3.78. The standard InChI is InChI=1S/C15H9Cl2F3N2O/c16-11-2-1-9(6-14(11)23-4-3-21)5-13-12(17)7-10(8-22-13)15(18,19)20/h1-2,6-8H,4-5H2. The van der Waals surface area contributed by atoms with Crippen LogP contribution in [0.15, 0.2) is 30.5 Å². The molecule has 0 bridgehead atoms. The molecule has 0 saturated carbocycles. The van der Waals surface area contributed by atoms with Gasteiger partial charge in [0.25, 0.3) is 0 Å². The Balaban J connectivity index is 2.24. The SMILES string of the molecule is N#CCOc1cc(Cc2ncc(C(F)(F)F)cc2Cl)ccc1Cl. The van der Waals surface area contributed by atoms with Crippen LogP contribution in [0.2, 0.25) is 10.0 Å². The first-order chi connectivity index (χ1) is 10.8. The van der Waals surface area contributed by atoms with E-state index in [1.165, 1.54) is 0 Å². The summed E-state index contributed by atoms with van der Waals surface area (Å²) in [6.45, 7) is -0.164. The topological polar surface area (TPSA) is 45.9 Å². The summed E-state index contributed by atoms with van der Waals surface area (Å²) in [5.74, 6) is 0.314. The number of hydrogen-bond acceptors (Lipinski definition) is 3. The second-order valence-electron chi connectivity index (χ2n) is 4.54. The molecule has 1 aromatic heterocycles. The third kappa shape index (κ3) is 4.50. The molecule has 2 aromatic rings. The Bertz CT molecular complexity index is 757. The fourth-order valence-electron chi connectivity index (χ4n) is 1.82. The van der Waals surface area contributed by atoms with Gasteiger partial charge in [0, 0.05) is 12.6 Å². The molecule has 0 fully saturated rings. The van der Waals surface area contributed by atoms with Gasteiger partial charge in [0.1, 0.15) is 11.8 Å². The first-order valence-corrected chi connectivity index (χ1v) is 7.06. The van der Waals surface area contributed by atoms with Gasteiger partial charge in [-0.2, -0.15) is 18.4 Å². The molecule has 0 unspecified atom stereocenters. The van der Waals surface area contributed by atoms with Crippen molar-refractivity contribution >= 4 is 23.2 Å². The normalized spacial score (nSPS) is 11.1. The highest BCUT2D eigenvalue weighted by atomic mass is 35.5. The lowest BCUT2D eigenvalue weighted by Crippen LogP contribution is -2.07. The van der Waals surface area contributed by atoms with Crippen molar-refractivity contribution in [2.24, 2.45) is 0 Å². The summed E-state index contributed by atoms with van der Waals surface area (Å²) < 4.78 is 42.9. The van der Waals surface area contributed by atoms with Crippen molar-refractivity contribution in [3.05, 3.63) is 57.3 Å². The maximum Gasteiger partial charge on any atom is 0.417 e. The van der Waals surface area contributed by atoms with Crippen molar-refractivity contribution in [1.29, 1.82) is 5.26 Å². The van der Waals surface area contributed by atoms with E-state index >= 15 is 0 Å². The van der Waals surface area contributed by atoms with E-state index < -0.39 is 11.7 Å². The average Bonchev–Trinajstić information content (AvgIpc) is 2.48. The molecule has 0 radical (unpaired) electrons. The van der Waals surface area contributed by atoms with Crippen molar-refractivity contribution in [2.45, 2.75) is 12.6 Å². The quantitative estimate of drug-likeness (QED) is 0.778. The highest BCUT2D eigenvalue weighted by molar-refractivity contribution is 6.32. The van der Waals surface area contributed by atoms with Crippen molar-refractivity contribution in [2.75, 3.05) is 6.61 Å². The summed E-state index contributed by atoms with van der Waals surface area (Å²) in [6.07, 6.45) is -3.55. The minimum absolute atomic E-state index is 0.0748.